The van der Waals surface area contributed by atoms with Crippen molar-refractivity contribution in [2.24, 2.45) is 0 Å². The summed E-state index contributed by atoms with van der Waals surface area (Å²) in [5, 5.41) is 3.58. The van der Waals surface area contributed by atoms with Gasteiger partial charge in [0.1, 0.15) is 0 Å². The molecule has 2 unspecified atom stereocenters. The molecule has 102 valence electrons. The number of methoxy groups -OCH3 is 1. The predicted octanol–water partition coefficient (Wildman–Crippen LogP) is 4.06. The summed E-state index contributed by atoms with van der Waals surface area (Å²) in [4.78, 5) is 0. The molecule has 1 aromatic carbocycles. The Morgan fingerprint density at radius 2 is 2.06 bits per heavy atom. The zero-order valence-corrected chi connectivity index (χ0v) is 11.8. The minimum atomic E-state index is -0.311. The molecule has 0 aliphatic carbocycles. The smallest absolute Gasteiger partial charge is 0.165 e. The van der Waals surface area contributed by atoms with Gasteiger partial charge in [-0.1, -0.05) is 26.3 Å². The molecule has 0 fully saturated rings. The number of halogens is 1. The zero-order valence-electron chi connectivity index (χ0n) is 11.8. The first-order valence-corrected chi connectivity index (χ1v) is 6.71. The summed E-state index contributed by atoms with van der Waals surface area (Å²) in [5.41, 5.74) is 1.06. The Balaban J connectivity index is 2.74. The Morgan fingerprint density at radius 1 is 1.33 bits per heavy atom. The molecular formula is C15H24FNO. The lowest BCUT2D eigenvalue weighted by atomic mass is 10.0. The van der Waals surface area contributed by atoms with Crippen molar-refractivity contribution in [3.8, 4) is 5.75 Å². The van der Waals surface area contributed by atoms with Crippen molar-refractivity contribution in [1.29, 1.82) is 0 Å². The van der Waals surface area contributed by atoms with Gasteiger partial charge in [0, 0.05) is 12.1 Å². The largest absolute Gasteiger partial charge is 0.494 e. The summed E-state index contributed by atoms with van der Waals surface area (Å²) in [6.45, 7) is 6.48. The fourth-order valence-electron chi connectivity index (χ4n) is 2.15. The van der Waals surface area contributed by atoms with Crippen LogP contribution in [0.2, 0.25) is 0 Å². The Labute approximate surface area is 110 Å². The van der Waals surface area contributed by atoms with Crippen LogP contribution in [0.25, 0.3) is 0 Å². The van der Waals surface area contributed by atoms with Crippen LogP contribution in [0.15, 0.2) is 18.2 Å². The van der Waals surface area contributed by atoms with E-state index in [2.05, 4.69) is 26.1 Å². The molecule has 0 spiro atoms. The van der Waals surface area contributed by atoms with Crippen molar-refractivity contribution in [3.63, 3.8) is 0 Å². The highest BCUT2D eigenvalue weighted by Crippen LogP contribution is 2.23. The standard InChI is InChI=1S/C15H24FNO/c1-5-7-13(6-2)17-11(3)12-8-9-14(16)15(10-12)18-4/h8-11,13,17H,5-7H2,1-4H3. The SMILES string of the molecule is CCCC(CC)NC(C)c1ccc(F)c(OC)c1. The maximum Gasteiger partial charge on any atom is 0.165 e. The van der Waals surface area contributed by atoms with E-state index in [9.17, 15) is 4.39 Å². The van der Waals surface area contributed by atoms with Crippen LogP contribution in [-0.2, 0) is 0 Å². The van der Waals surface area contributed by atoms with Gasteiger partial charge in [0.25, 0.3) is 0 Å². The van der Waals surface area contributed by atoms with E-state index in [1.54, 1.807) is 6.07 Å². The monoisotopic (exact) mass is 253 g/mol. The fraction of sp³-hybridized carbons (Fsp3) is 0.600. The molecule has 0 aliphatic heterocycles. The third-order valence-electron chi connectivity index (χ3n) is 3.29. The van der Waals surface area contributed by atoms with Crippen molar-refractivity contribution in [2.75, 3.05) is 7.11 Å². The highest BCUT2D eigenvalue weighted by molar-refractivity contribution is 5.31. The molecule has 2 atom stereocenters. The molecule has 1 aromatic rings. The third kappa shape index (κ3) is 3.98. The van der Waals surface area contributed by atoms with Gasteiger partial charge < -0.3 is 10.1 Å². The van der Waals surface area contributed by atoms with Crippen molar-refractivity contribution in [3.05, 3.63) is 29.6 Å². The van der Waals surface area contributed by atoms with Crippen molar-refractivity contribution >= 4 is 0 Å². The summed E-state index contributed by atoms with van der Waals surface area (Å²) in [5.74, 6) is -0.00117. The Hall–Kier alpha value is -1.09. The average molecular weight is 253 g/mol. The first-order chi connectivity index (χ1) is 8.62. The number of nitrogens with one attached hydrogen (secondary N) is 1. The highest BCUT2D eigenvalue weighted by atomic mass is 19.1. The lowest BCUT2D eigenvalue weighted by Gasteiger charge is -2.22. The lowest BCUT2D eigenvalue weighted by molar-refractivity contribution is 0.382. The van der Waals surface area contributed by atoms with E-state index in [1.807, 2.05) is 6.07 Å². The predicted molar refractivity (Wildman–Crippen MR) is 73.5 cm³/mol. The zero-order chi connectivity index (χ0) is 13.5. The highest BCUT2D eigenvalue weighted by Gasteiger charge is 2.13. The van der Waals surface area contributed by atoms with Crippen LogP contribution < -0.4 is 10.1 Å². The molecule has 1 rings (SSSR count). The van der Waals surface area contributed by atoms with Crippen LogP contribution in [0, 0.1) is 5.82 Å². The van der Waals surface area contributed by atoms with E-state index >= 15 is 0 Å². The molecule has 3 heteroatoms. The van der Waals surface area contributed by atoms with E-state index in [4.69, 9.17) is 4.74 Å². The van der Waals surface area contributed by atoms with Crippen LogP contribution >= 0.6 is 0 Å². The molecule has 0 saturated carbocycles. The van der Waals surface area contributed by atoms with Crippen molar-refractivity contribution in [1.82, 2.24) is 5.32 Å². The van der Waals surface area contributed by atoms with E-state index in [-0.39, 0.29) is 11.9 Å². The molecule has 18 heavy (non-hydrogen) atoms. The molecular weight excluding hydrogens is 229 g/mol. The molecule has 0 aliphatic rings. The minimum Gasteiger partial charge on any atom is -0.494 e. The molecule has 0 amide bonds. The second-order valence-electron chi connectivity index (χ2n) is 4.68. The van der Waals surface area contributed by atoms with Crippen LogP contribution in [0.3, 0.4) is 0 Å². The summed E-state index contributed by atoms with van der Waals surface area (Å²) < 4.78 is 18.3. The Morgan fingerprint density at radius 3 is 2.61 bits per heavy atom. The summed E-state index contributed by atoms with van der Waals surface area (Å²) >= 11 is 0. The number of ether oxygens (including phenoxy) is 1. The summed E-state index contributed by atoms with van der Waals surface area (Å²) in [6.07, 6.45) is 3.45. The number of hydrogen-bond acceptors (Lipinski definition) is 2. The normalized spacial score (nSPS) is 14.3. The second kappa shape index (κ2) is 7.37. The van der Waals surface area contributed by atoms with Gasteiger partial charge in [-0.15, -0.1) is 0 Å². The van der Waals surface area contributed by atoms with Crippen LogP contribution in [0.5, 0.6) is 5.75 Å². The second-order valence-corrected chi connectivity index (χ2v) is 4.68. The maximum atomic E-state index is 13.3. The molecule has 1 N–H and O–H groups in total. The topological polar surface area (TPSA) is 21.3 Å². The van der Waals surface area contributed by atoms with Gasteiger partial charge in [-0.05, 0) is 37.5 Å². The first-order valence-electron chi connectivity index (χ1n) is 6.71. The van der Waals surface area contributed by atoms with E-state index in [1.165, 1.54) is 26.0 Å². The quantitative estimate of drug-likeness (QED) is 0.791. The maximum absolute atomic E-state index is 13.3. The molecule has 2 nitrogen and oxygen atoms in total. The van der Waals surface area contributed by atoms with Crippen molar-refractivity contribution in [2.45, 2.75) is 52.1 Å². The molecule has 0 aromatic heterocycles. The van der Waals surface area contributed by atoms with E-state index in [0.717, 1.165) is 12.0 Å². The summed E-state index contributed by atoms with van der Waals surface area (Å²) in [6, 6.07) is 5.77. The Bertz CT molecular complexity index is 368. The Kier molecular flexibility index (Phi) is 6.13. The van der Waals surface area contributed by atoms with Crippen molar-refractivity contribution < 1.29 is 9.13 Å². The van der Waals surface area contributed by atoms with Gasteiger partial charge in [0.05, 0.1) is 7.11 Å². The summed E-state index contributed by atoms with van der Waals surface area (Å²) in [7, 11) is 1.49. The minimum absolute atomic E-state index is 0.205. The van der Waals surface area contributed by atoms with Gasteiger partial charge >= 0.3 is 0 Å². The van der Waals surface area contributed by atoms with E-state index < -0.39 is 0 Å². The van der Waals surface area contributed by atoms with Gasteiger partial charge in [0.15, 0.2) is 11.6 Å². The molecule has 0 bridgehead atoms. The molecule has 0 heterocycles. The molecule has 0 radical (unpaired) electrons. The number of hydrogen-bond donors (Lipinski definition) is 1. The van der Waals surface area contributed by atoms with Crippen LogP contribution in [0.4, 0.5) is 4.39 Å². The molecule has 0 saturated heterocycles. The van der Waals surface area contributed by atoms with Crippen LogP contribution in [-0.4, -0.2) is 13.2 Å². The van der Waals surface area contributed by atoms with Gasteiger partial charge in [-0.25, -0.2) is 4.39 Å². The lowest BCUT2D eigenvalue weighted by Crippen LogP contribution is -2.30. The number of rotatable bonds is 7. The van der Waals surface area contributed by atoms with Crippen LogP contribution in [0.1, 0.15) is 51.6 Å². The van der Waals surface area contributed by atoms with E-state index in [0.29, 0.717) is 11.8 Å². The average Bonchev–Trinajstić information content (AvgIpc) is 2.38. The van der Waals surface area contributed by atoms with Gasteiger partial charge in [-0.2, -0.15) is 0 Å². The third-order valence-corrected chi connectivity index (χ3v) is 3.29. The fourth-order valence-corrected chi connectivity index (χ4v) is 2.15. The van der Waals surface area contributed by atoms with Gasteiger partial charge in [0.2, 0.25) is 0 Å². The number of benzene rings is 1. The first kappa shape index (κ1) is 15.0. The van der Waals surface area contributed by atoms with Gasteiger partial charge in [-0.3, -0.25) is 0 Å².